The minimum absolute atomic E-state index is 0.302. The van der Waals surface area contributed by atoms with Crippen LogP contribution in [-0.4, -0.2) is 57.1 Å². The minimum Gasteiger partial charge on any atom is -0.372 e. The molecule has 5 nitrogen and oxygen atoms in total. The van der Waals surface area contributed by atoms with Crippen molar-refractivity contribution in [2.75, 3.05) is 56.1 Å². The van der Waals surface area contributed by atoms with Crippen LogP contribution in [-0.2, 0) is 12.8 Å². The largest absolute Gasteiger partial charge is 0.372 e. The van der Waals surface area contributed by atoms with Crippen LogP contribution >= 0.6 is 0 Å². The molecule has 2 heterocycles. The second-order valence-electron chi connectivity index (χ2n) is 9.83. The predicted octanol–water partition coefficient (Wildman–Crippen LogP) is 3.80. The van der Waals surface area contributed by atoms with E-state index in [4.69, 9.17) is 5.73 Å². The number of rotatable bonds is 4. The monoisotopic (exact) mass is 432 g/mol. The second kappa shape index (κ2) is 9.14. The number of hydrogen-bond donors (Lipinski definition) is 1. The van der Waals surface area contributed by atoms with Gasteiger partial charge >= 0.3 is 0 Å². The van der Waals surface area contributed by atoms with E-state index in [9.17, 15) is 4.79 Å². The number of hydrogen-bond acceptors (Lipinski definition) is 4. The van der Waals surface area contributed by atoms with Crippen molar-refractivity contribution >= 4 is 17.3 Å². The van der Waals surface area contributed by atoms with Crippen molar-refractivity contribution in [1.82, 2.24) is 4.90 Å². The Labute approximate surface area is 192 Å². The number of primary amides is 1. The van der Waals surface area contributed by atoms with Crippen LogP contribution in [0.5, 0.6) is 0 Å². The van der Waals surface area contributed by atoms with Gasteiger partial charge < -0.3 is 20.4 Å². The fourth-order valence-electron chi connectivity index (χ4n) is 5.84. The predicted molar refractivity (Wildman–Crippen MR) is 132 cm³/mol. The van der Waals surface area contributed by atoms with Gasteiger partial charge in [0.1, 0.15) is 0 Å². The van der Waals surface area contributed by atoms with Gasteiger partial charge in [0.15, 0.2) is 0 Å². The Bertz CT molecular complexity index is 974. The lowest BCUT2D eigenvalue weighted by atomic mass is 9.77. The number of likely N-dealkylation sites (N-methyl/N-ethyl adjacent to an activating group) is 1. The number of anilines is 2. The molecule has 1 unspecified atom stereocenters. The zero-order valence-corrected chi connectivity index (χ0v) is 19.4. The number of nitrogens with two attached hydrogens (primary N) is 1. The van der Waals surface area contributed by atoms with Gasteiger partial charge in [-0.25, -0.2) is 0 Å². The summed E-state index contributed by atoms with van der Waals surface area (Å²) in [7, 11) is 2.20. The second-order valence-corrected chi connectivity index (χ2v) is 9.83. The zero-order chi connectivity index (χ0) is 22.1. The molecule has 5 rings (SSSR count). The van der Waals surface area contributed by atoms with Crippen LogP contribution in [0.3, 0.4) is 0 Å². The number of benzene rings is 2. The molecular formula is C27H36N4O. The fraction of sp³-hybridized carbons (Fsp3) is 0.519. The van der Waals surface area contributed by atoms with E-state index >= 15 is 0 Å². The van der Waals surface area contributed by atoms with Crippen LogP contribution in [0.1, 0.15) is 58.6 Å². The van der Waals surface area contributed by atoms with E-state index in [0.717, 1.165) is 64.1 Å². The van der Waals surface area contributed by atoms with Crippen molar-refractivity contribution in [2.24, 2.45) is 5.73 Å². The van der Waals surface area contributed by atoms with Crippen LogP contribution in [0.2, 0.25) is 0 Å². The first-order valence-electron chi connectivity index (χ1n) is 12.3. The number of carbonyl (C=O) groups excluding carboxylic acids is 1. The molecule has 170 valence electrons. The first-order chi connectivity index (χ1) is 15.6. The lowest BCUT2D eigenvalue weighted by molar-refractivity contribution is 0.0999. The summed E-state index contributed by atoms with van der Waals surface area (Å²) in [6, 6.07) is 13.2. The Hall–Kier alpha value is -2.53. The topological polar surface area (TPSA) is 52.8 Å². The van der Waals surface area contributed by atoms with E-state index in [0.29, 0.717) is 11.5 Å². The van der Waals surface area contributed by atoms with Crippen LogP contribution < -0.4 is 15.5 Å². The highest BCUT2D eigenvalue weighted by molar-refractivity contribution is 5.95. The Balaban J connectivity index is 1.46. The van der Waals surface area contributed by atoms with Crippen LogP contribution in [0.25, 0.3) is 0 Å². The number of nitrogens with zero attached hydrogens (tertiary/aromatic N) is 3. The number of amides is 1. The minimum atomic E-state index is -0.302. The van der Waals surface area contributed by atoms with Crippen molar-refractivity contribution in [3.63, 3.8) is 0 Å². The van der Waals surface area contributed by atoms with Crippen molar-refractivity contribution in [2.45, 2.75) is 44.4 Å². The molecule has 3 aliphatic rings. The van der Waals surface area contributed by atoms with Gasteiger partial charge in [-0.15, -0.1) is 0 Å². The number of aryl methyl sites for hydroxylation is 1. The third-order valence-corrected chi connectivity index (χ3v) is 7.77. The fourth-order valence-corrected chi connectivity index (χ4v) is 5.84. The maximum absolute atomic E-state index is 12.3. The van der Waals surface area contributed by atoms with E-state index in [1.54, 1.807) is 0 Å². The number of piperazine rings is 1. The summed E-state index contributed by atoms with van der Waals surface area (Å²) >= 11 is 0. The third-order valence-electron chi connectivity index (χ3n) is 7.77. The summed E-state index contributed by atoms with van der Waals surface area (Å²) in [4.78, 5) is 19.8. The van der Waals surface area contributed by atoms with Gasteiger partial charge in [-0.1, -0.05) is 12.1 Å². The summed E-state index contributed by atoms with van der Waals surface area (Å²) in [5, 5.41) is 0. The van der Waals surface area contributed by atoms with Gasteiger partial charge in [0.2, 0.25) is 5.91 Å². The molecule has 2 aliphatic heterocycles. The molecule has 0 radical (unpaired) electrons. The van der Waals surface area contributed by atoms with Crippen molar-refractivity contribution < 1.29 is 4.79 Å². The Morgan fingerprint density at radius 2 is 1.72 bits per heavy atom. The SMILES string of the molecule is CN1CCN(c2cccc3c2CC(c2cc(N4CCCCC4)ccc2C(N)=O)CC3)CC1. The maximum Gasteiger partial charge on any atom is 0.248 e. The summed E-state index contributed by atoms with van der Waals surface area (Å²) in [5.41, 5.74) is 13.3. The molecule has 2 aromatic rings. The van der Waals surface area contributed by atoms with Gasteiger partial charge in [-0.05, 0) is 92.4 Å². The van der Waals surface area contributed by atoms with Gasteiger partial charge in [0.05, 0.1) is 0 Å². The van der Waals surface area contributed by atoms with Gasteiger partial charge in [0, 0.05) is 56.2 Å². The average molecular weight is 433 g/mol. The Morgan fingerprint density at radius 3 is 2.47 bits per heavy atom. The van der Waals surface area contributed by atoms with Crippen molar-refractivity contribution in [3.05, 3.63) is 58.7 Å². The highest BCUT2D eigenvalue weighted by Gasteiger charge is 2.28. The molecule has 2 fully saturated rings. The standard InChI is InChI=1S/C27H36N4O/c1-29-14-16-31(17-15-29)26-7-5-6-20-8-9-21(18-25(20)26)24-19-22(10-11-23(24)27(28)32)30-12-3-2-4-13-30/h5-7,10-11,19,21H,2-4,8-9,12-18H2,1H3,(H2,28,32). The molecule has 1 atom stereocenters. The molecular weight excluding hydrogens is 396 g/mol. The highest BCUT2D eigenvalue weighted by Crippen LogP contribution is 2.40. The van der Waals surface area contributed by atoms with E-state index in [2.05, 4.69) is 52.1 Å². The molecule has 1 amide bonds. The average Bonchev–Trinajstić information content (AvgIpc) is 2.84. The third kappa shape index (κ3) is 4.23. The van der Waals surface area contributed by atoms with E-state index < -0.39 is 0 Å². The number of fused-ring (bicyclic) bond motifs is 1. The highest BCUT2D eigenvalue weighted by atomic mass is 16.1. The van der Waals surface area contributed by atoms with E-state index in [1.807, 2.05) is 6.07 Å². The van der Waals surface area contributed by atoms with Crippen LogP contribution in [0.15, 0.2) is 36.4 Å². The zero-order valence-electron chi connectivity index (χ0n) is 19.4. The van der Waals surface area contributed by atoms with E-state index in [1.165, 1.54) is 41.8 Å². The molecule has 32 heavy (non-hydrogen) atoms. The molecule has 0 spiro atoms. The van der Waals surface area contributed by atoms with E-state index in [-0.39, 0.29) is 5.91 Å². The normalized spacial score (nSPS) is 22.0. The first-order valence-corrected chi connectivity index (χ1v) is 12.3. The van der Waals surface area contributed by atoms with Crippen LogP contribution in [0.4, 0.5) is 11.4 Å². The summed E-state index contributed by atoms with van der Waals surface area (Å²) in [6.07, 6.45) is 6.94. The van der Waals surface area contributed by atoms with Crippen LogP contribution in [0, 0.1) is 0 Å². The molecule has 2 aromatic carbocycles. The Morgan fingerprint density at radius 1 is 0.938 bits per heavy atom. The summed E-state index contributed by atoms with van der Waals surface area (Å²) < 4.78 is 0. The maximum atomic E-state index is 12.3. The molecule has 0 bridgehead atoms. The molecule has 0 saturated carbocycles. The Kier molecular flexibility index (Phi) is 6.09. The van der Waals surface area contributed by atoms with Gasteiger partial charge in [0.25, 0.3) is 0 Å². The molecule has 1 aliphatic carbocycles. The lowest BCUT2D eigenvalue weighted by Gasteiger charge is -2.37. The molecule has 2 saturated heterocycles. The smallest absolute Gasteiger partial charge is 0.248 e. The van der Waals surface area contributed by atoms with Gasteiger partial charge in [-0.2, -0.15) is 0 Å². The first kappa shape index (κ1) is 21.3. The quantitative estimate of drug-likeness (QED) is 0.799. The molecule has 5 heteroatoms. The number of carbonyl (C=O) groups is 1. The number of piperidine rings is 1. The molecule has 0 aromatic heterocycles. The summed E-state index contributed by atoms with van der Waals surface area (Å²) in [6.45, 7) is 6.59. The van der Waals surface area contributed by atoms with Crippen molar-refractivity contribution in [1.29, 1.82) is 0 Å². The summed E-state index contributed by atoms with van der Waals surface area (Å²) in [5.74, 6) is 0.0340. The van der Waals surface area contributed by atoms with Gasteiger partial charge in [-0.3, -0.25) is 4.79 Å². The van der Waals surface area contributed by atoms with Crippen molar-refractivity contribution in [3.8, 4) is 0 Å². The molecule has 2 N–H and O–H groups in total. The lowest BCUT2D eigenvalue weighted by Crippen LogP contribution is -2.45.